The van der Waals surface area contributed by atoms with E-state index < -0.39 is 35.4 Å². The number of rotatable bonds is 5. The zero-order chi connectivity index (χ0) is 19.8. The van der Waals surface area contributed by atoms with Gasteiger partial charge < -0.3 is 5.32 Å². The molecule has 0 aliphatic heterocycles. The van der Waals surface area contributed by atoms with Crippen LogP contribution in [0.25, 0.3) is 11.0 Å². The van der Waals surface area contributed by atoms with E-state index in [9.17, 15) is 17.6 Å². The molecule has 4 rings (SSSR count). The second-order valence-electron chi connectivity index (χ2n) is 5.74. The van der Waals surface area contributed by atoms with Crippen molar-refractivity contribution in [1.29, 1.82) is 0 Å². The second-order valence-corrected chi connectivity index (χ2v) is 5.74. The van der Waals surface area contributed by atoms with Crippen molar-refractivity contribution >= 4 is 22.7 Å². The number of anilines is 2. The smallest absolute Gasteiger partial charge is 0.229 e. The minimum Gasteiger partial charge on any atom is -0.321 e. The van der Waals surface area contributed by atoms with Crippen molar-refractivity contribution in [2.45, 2.75) is 6.54 Å². The van der Waals surface area contributed by atoms with E-state index in [2.05, 4.69) is 32.4 Å². The first-order valence-corrected chi connectivity index (χ1v) is 7.90. The summed E-state index contributed by atoms with van der Waals surface area (Å²) >= 11 is 0. The molecule has 0 bridgehead atoms. The molecule has 142 valence electrons. The Morgan fingerprint density at radius 1 is 1.04 bits per heavy atom. The topological polar surface area (TPSA) is 73.5 Å². The lowest BCUT2D eigenvalue weighted by atomic mass is 10.2. The van der Waals surface area contributed by atoms with Gasteiger partial charge in [-0.05, 0) is 6.92 Å². The van der Waals surface area contributed by atoms with Crippen LogP contribution in [-0.4, -0.2) is 29.5 Å². The number of hydrogen-bond donors (Lipinski definition) is 1. The summed E-state index contributed by atoms with van der Waals surface area (Å²) in [4.78, 5) is 8.36. The van der Waals surface area contributed by atoms with Gasteiger partial charge in [0.2, 0.25) is 5.95 Å². The molecule has 0 atom stereocenters. The number of halogens is 4. The Hall–Kier alpha value is -3.50. The molecule has 1 aromatic carbocycles. The molecule has 3 aromatic heterocycles. The van der Waals surface area contributed by atoms with Gasteiger partial charge in [0.25, 0.3) is 0 Å². The molecule has 0 aliphatic rings. The van der Waals surface area contributed by atoms with E-state index in [0.29, 0.717) is 11.1 Å². The highest BCUT2D eigenvalue weighted by Gasteiger charge is 2.20. The summed E-state index contributed by atoms with van der Waals surface area (Å²) in [6, 6.07) is 0.156. The number of aromatic nitrogens is 6. The predicted molar refractivity (Wildman–Crippen MR) is 91.3 cm³/mol. The lowest BCUT2D eigenvalue weighted by molar-refractivity contribution is 0.432. The van der Waals surface area contributed by atoms with Gasteiger partial charge >= 0.3 is 0 Å². The molecule has 1 N–H and O–H groups in total. The number of benzene rings is 1. The summed E-state index contributed by atoms with van der Waals surface area (Å²) in [7, 11) is 0. The largest absolute Gasteiger partial charge is 0.321 e. The Balaban J connectivity index is 1.69. The lowest BCUT2D eigenvalue weighted by Crippen LogP contribution is -2.10. The average molecular weight is 389 g/mol. The molecule has 0 amide bonds. The summed E-state index contributed by atoms with van der Waals surface area (Å²) in [6.45, 7) is 4.52. The fourth-order valence-electron chi connectivity index (χ4n) is 2.59. The maximum Gasteiger partial charge on any atom is 0.229 e. The Labute approximate surface area is 155 Å². The van der Waals surface area contributed by atoms with E-state index in [1.54, 1.807) is 6.20 Å². The van der Waals surface area contributed by atoms with Crippen molar-refractivity contribution in [1.82, 2.24) is 29.5 Å². The quantitative estimate of drug-likeness (QED) is 0.419. The molecule has 11 heteroatoms. The van der Waals surface area contributed by atoms with Crippen molar-refractivity contribution in [3.8, 4) is 0 Å². The first kappa shape index (κ1) is 17.9. The monoisotopic (exact) mass is 389 g/mol. The molecular weight excluding hydrogens is 378 g/mol. The standard InChI is InChI=1S/C17H11F4N7/c1-2-27-7-10(6-23-27)25-17-22-4-9-5-24-28(16(9)26-17)8-11-14(20)12(18)3-13(19)15(11)21/h2-7H,1,8H2,(H,22,25,26). The van der Waals surface area contributed by atoms with Gasteiger partial charge in [-0.25, -0.2) is 27.2 Å². The van der Waals surface area contributed by atoms with Gasteiger partial charge in [0.05, 0.1) is 42.1 Å². The van der Waals surface area contributed by atoms with Gasteiger partial charge in [0.1, 0.15) is 0 Å². The van der Waals surface area contributed by atoms with Crippen LogP contribution in [-0.2, 0) is 6.54 Å². The normalized spacial score (nSPS) is 11.3. The van der Waals surface area contributed by atoms with Gasteiger partial charge in [-0.1, -0.05) is 0 Å². The lowest BCUT2D eigenvalue weighted by Gasteiger charge is -2.08. The Morgan fingerprint density at radius 2 is 1.79 bits per heavy atom. The van der Waals surface area contributed by atoms with E-state index in [1.807, 2.05) is 0 Å². The molecule has 3 heterocycles. The maximum atomic E-state index is 14.0. The highest BCUT2D eigenvalue weighted by molar-refractivity contribution is 5.75. The zero-order valence-corrected chi connectivity index (χ0v) is 14.1. The Bertz CT molecular complexity index is 1140. The van der Waals surface area contributed by atoms with Gasteiger partial charge in [-0.2, -0.15) is 15.2 Å². The molecular formula is C17H11F4N7. The van der Waals surface area contributed by atoms with Crippen LogP contribution in [0.1, 0.15) is 5.56 Å². The van der Waals surface area contributed by atoms with Crippen LogP contribution in [0.2, 0.25) is 0 Å². The van der Waals surface area contributed by atoms with Crippen LogP contribution in [0.4, 0.5) is 29.2 Å². The van der Waals surface area contributed by atoms with Gasteiger partial charge in [-0.15, -0.1) is 0 Å². The van der Waals surface area contributed by atoms with E-state index in [4.69, 9.17) is 0 Å². The second kappa shape index (κ2) is 6.91. The molecule has 0 spiro atoms. The van der Waals surface area contributed by atoms with Crippen LogP contribution < -0.4 is 5.32 Å². The summed E-state index contributed by atoms with van der Waals surface area (Å²) in [5.41, 5.74) is 0.00886. The Kier molecular flexibility index (Phi) is 4.41. The van der Waals surface area contributed by atoms with E-state index in [1.165, 1.54) is 29.8 Å². The SMILES string of the molecule is [CH2][CH]n1cc(Nc2ncc3cnn(Cc4c(F)c(F)cc(F)c4F)c3n2)cn1. The van der Waals surface area contributed by atoms with Crippen LogP contribution in [0, 0.1) is 36.7 Å². The molecule has 0 saturated heterocycles. The molecule has 0 fully saturated rings. The van der Waals surface area contributed by atoms with Crippen LogP contribution in [0.3, 0.4) is 0 Å². The van der Waals surface area contributed by atoms with E-state index in [-0.39, 0.29) is 17.7 Å². The summed E-state index contributed by atoms with van der Waals surface area (Å²) in [6.07, 6.45) is 5.98. The maximum absolute atomic E-state index is 14.0. The highest BCUT2D eigenvalue weighted by Crippen LogP contribution is 2.22. The third kappa shape index (κ3) is 3.15. The van der Waals surface area contributed by atoms with Crippen LogP contribution in [0.5, 0.6) is 0 Å². The molecule has 28 heavy (non-hydrogen) atoms. The summed E-state index contributed by atoms with van der Waals surface area (Å²) < 4.78 is 57.4. The van der Waals surface area contributed by atoms with Crippen molar-refractivity contribution < 1.29 is 17.6 Å². The Morgan fingerprint density at radius 3 is 2.46 bits per heavy atom. The minimum absolute atomic E-state index is 0.156. The average Bonchev–Trinajstić information content (AvgIpc) is 3.30. The first-order chi connectivity index (χ1) is 13.5. The van der Waals surface area contributed by atoms with Crippen molar-refractivity contribution in [3.05, 3.63) is 73.2 Å². The van der Waals surface area contributed by atoms with Gasteiger partial charge in [0.15, 0.2) is 28.9 Å². The van der Waals surface area contributed by atoms with Crippen molar-refractivity contribution in [2.24, 2.45) is 0 Å². The van der Waals surface area contributed by atoms with Crippen molar-refractivity contribution in [2.75, 3.05) is 5.32 Å². The zero-order valence-electron chi connectivity index (χ0n) is 14.1. The third-order valence-corrected chi connectivity index (χ3v) is 3.93. The minimum atomic E-state index is -1.48. The highest BCUT2D eigenvalue weighted by atomic mass is 19.2. The molecule has 0 saturated carbocycles. The van der Waals surface area contributed by atoms with Gasteiger partial charge in [0, 0.05) is 18.5 Å². The van der Waals surface area contributed by atoms with Crippen LogP contribution >= 0.6 is 0 Å². The molecule has 4 aromatic rings. The molecule has 2 radical (unpaired) electrons. The summed E-state index contributed by atoms with van der Waals surface area (Å²) in [5, 5.41) is 11.4. The van der Waals surface area contributed by atoms with Gasteiger partial charge in [-0.3, -0.25) is 4.68 Å². The predicted octanol–water partition coefficient (Wildman–Crippen LogP) is 3.22. The third-order valence-electron chi connectivity index (χ3n) is 3.93. The summed E-state index contributed by atoms with van der Waals surface area (Å²) in [5.74, 6) is -5.76. The van der Waals surface area contributed by atoms with E-state index in [0.717, 1.165) is 4.68 Å². The molecule has 0 aliphatic carbocycles. The fraction of sp³-hybridized carbons (Fsp3) is 0.0588. The number of fused-ring (bicyclic) bond motifs is 1. The fourth-order valence-corrected chi connectivity index (χ4v) is 2.59. The number of hydrogen-bond acceptors (Lipinski definition) is 5. The number of nitrogens with zero attached hydrogens (tertiary/aromatic N) is 6. The molecule has 0 unspecified atom stereocenters. The van der Waals surface area contributed by atoms with Crippen LogP contribution in [0.15, 0.2) is 30.9 Å². The first-order valence-electron chi connectivity index (χ1n) is 7.90. The van der Waals surface area contributed by atoms with Crippen molar-refractivity contribution in [3.63, 3.8) is 0 Å². The number of nitrogens with one attached hydrogen (secondary N) is 1. The van der Waals surface area contributed by atoms with E-state index >= 15 is 0 Å². The molecule has 7 nitrogen and oxygen atoms in total.